The quantitative estimate of drug-likeness (QED) is 0.796. The molecular formula is C16H18F2O3. The van der Waals surface area contributed by atoms with Crippen molar-refractivity contribution in [2.75, 3.05) is 20.3 Å². The Kier molecular flexibility index (Phi) is 3.71. The Morgan fingerprint density at radius 2 is 2.05 bits per heavy atom. The van der Waals surface area contributed by atoms with Crippen molar-refractivity contribution in [3.05, 3.63) is 34.9 Å². The highest BCUT2D eigenvalue weighted by atomic mass is 19.1. The van der Waals surface area contributed by atoms with E-state index in [1.165, 1.54) is 0 Å². The molecule has 0 saturated heterocycles. The molecule has 5 heteroatoms. The van der Waals surface area contributed by atoms with Gasteiger partial charge < -0.3 is 14.2 Å². The second kappa shape index (κ2) is 5.39. The van der Waals surface area contributed by atoms with Crippen LogP contribution in [0.2, 0.25) is 0 Å². The van der Waals surface area contributed by atoms with E-state index in [1.54, 1.807) is 7.11 Å². The number of allylic oxidation sites excluding steroid dienone is 1. The third-order valence-corrected chi connectivity index (χ3v) is 4.20. The number of methoxy groups -OCH3 is 1. The van der Waals surface area contributed by atoms with Crippen LogP contribution in [0.5, 0.6) is 5.75 Å². The van der Waals surface area contributed by atoms with E-state index in [-0.39, 0.29) is 17.9 Å². The molecule has 0 spiro atoms. The van der Waals surface area contributed by atoms with Crippen LogP contribution in [-0.4, -0.2) is 26.1 Å². The standard InChI is InChI=1S/C16H18F2O3/c1-3-21-16(19-2)7-6-11-10(8-16)9-20-15-13(18)5-4-12(17)14(11)15/h4-5H,3,6-9H2,1-2H3. The van der Waals surface area contributed by atoms with Gasteiger partial charge in [0.15, 0.2) is 17.4 Å². The van der Waals surface area contributed by atoms with Gasteiger partial charge in [-0.25, -0.2) is 8.78 Å². The minimum atomic E-state index is -0.682. The van der Waals surface area contributed by atoms with Gasteiger partial charge in [-0.15, -0.1) is 0 Å². The van der Waals surface area contributed by atoms with Crippen molar-refractivity contribution in [3.63, 3.8) is 0 Å². The summed E-state index contributed by atoms with van der Waals surface area (Å²) in [7, 11) is 1.61. The SMILES string of the molecule is CCOC1(OC)CCC2=C(COc3c(F)ccc(F)c32)C1. The largest absolute Gasteiger partial charge is 0.485 e. The van der Waals surface area contributed by atoms with Gasteiger partial charge in [0.05, 0.1) is 5.56 Å². The van der Waals surface area contributed by atoms with E-state index in [1.807, 2.05) is 6.92 Å². The second-order valence-corrected chi connectivity index (χ2v) is 5.33. The molecule has 0 aromatic heterocycles. The summed E-state index contributed by atoms with van der Waals surface area (Å²) in [5.74, 6) is -1.63. The molecule has 1 aromatic carbocycles. The maximum absolute atomic E-state index is 14.1. The summed E-state index contributed by atoms with van der Waals surface area (Å²) in [5.41, 5.74) is 2.02. The van der Waals surface area contributed by atoms with Gasteiger partial charge in [-0.3, -0.25) is 0 Å². The highest BCUT2D eigenvalue weighted by molar-refractivity contribution is 5.76. The molecule has 0 N–H and O–H groups in total. The molecule has 2 aliphatic rings. The molecule has 21 heavy (non-hydrogen) atoms. The predicted molar refractivity (Wildman–Crippen MR) is 74.0 cm³/mol. The lowest BCUT2D eigenvalue weighted by Crippen LogP contribution is -2.39. The van der Waals surface area contributed by atoms with E-state index in [0.29, 0.717) is 25.9 Å². The van der Waals surface area contributed by atoms with Crippen molar-refractivity contribution in [2.45, 2.75) is 32.0 Å². The van der Waals surface area contributed by atoms with Crippen LogP contribution in [0.25, 0.3) is 5.57 Å². The normalized spacial score (nSPS) is 24.4. The fraction of sp³-hybridized carbons (Fsp3) is 0.500. The molecular weight excluding hydrogens is 278 g/mol. The van der Waals surface area contributed by atoms with E-state index >= 15 is 0 Å². The first-order chi connectivity index (χ1) is 10.1. The number of halogens is 2. The zero-order valence-corrected chi connectivity index (χ0v) is 12.2. The molecule has 0 bridgehead atoms. The Balaban J connectivity index is 2.03. The van der Waals surface area contributed by atoms with Crippen LogP contribution in [0.15, 0.2) is 17.7 Å². The van der Waals surface area contributed by atoms with Crippen molar-refractivity contribution < 1.29 is 23.0 Å². The summed E-state index contributed by atoms with van der Waals surface area (Å²) in [6.07, 6.45) is 1.72. The number of fused-ring (bicyclic) bond motifs is 2. The van der Waals surface area contributed by atoms with Gasteiger partial charge in [0.2, 0.25) is 0 Å². The van der Waals surface area contributed by atoms with Crippen LogP contribution in [0.4, 0.5) is 8.78 Å². The third-order valence-electron chi connectivity index (χ3n) is 4.20. The monoisotopic (exact) mass is 296 g/mol. The molecule has 3 nitrogen and oxygen atoms in total. The lowest BCUT2D eigenvalue weighted by molar-refractivity contribution is -0.224. The molecule has 1 heterocycles. The van der Waals surface area contributed by atoms with Crippen molar-refractivity contribution in [1.82, 2.24) is 0 Å². The van der Waals surface area contributed by atoms with Crippen LogP contribution in [0.1, 0.15) is 31.7 Å². The number of rotatable bonds is 3. The van der Waals surface area contributed by atoms with Crippen molar-refractivity contribution in [1.29, 1.82) is 0 Å². The lowest BCUT2D eigenvalue weighted by atomic mass is 9.82. The fourth-order valence-electron chi connectivity index (χ4n) is 3.19. The highest BCUT2D eigenvalue weighted by Gasteiger charge is 2.40. The van der Waals surface area contributed by atoms with Gasteiger partial charge in [-0.05, 0) is 36.6 Å². The molecule has 1 aromatic rings. The average Bonchev–Trinajstić information content (AvgIpc) is 2.50. The van der Waals surface area contributed by atoms with Gasteiger partial charge in [0.25, 0.3) is 0 Å². The molecule has 0 radical (unpaired) electrons. The summed E-state index contributed by atoms with van der Waals surface area (Å²) < 4.78 is 44.6. The summed E-state index contributed by atoms with van der Waals surface area (Å²) in [6, 6.07) is 2.25. The van der Waals surface area contributed by atoms with Gasteiger partial charge >= 0.3 is 0 Å². The Bertz CT molecular complexity index is 597. The molecule has 1 unspecified atom stereocenters. The van der Waals surface area contributed by atoms with E-state index in [9.17, 15) is 8.78 Å². The first-order valence-corrected chi connectivity index (χ1v) is 7.11. The third kappa shape index (κ3) is 2.34. The highest BCUT2D eigenvalue weighted by Crippen LogP contribution is 2.46. The van der Waals surface area contributed by atoms with Crippen LogP contribution < -0.4 is 4.74 Å². The molecule has 1 aliphatic carbocycles. The zero-order valence-electron chi connectivity index (χ0n) is 12.2. The molecule has 114 valence electrons. The van der Waals surface area contributed by atoms with Crippen LogP contribution in [0, 0.1) is 11.6 Å². The van der Waals surface area contributed by atoms with Gasteiger partial charge in [0.1, 0.15) is 12.4 Å². The average molecular weight is 296 g/mol. The van der Waals surface area contributed by atoms with Crippen molar-refractivity contribution >= 4 is 5.57 Å². The maximum Gasteiger partial charge on any atom is 0.172 e. The summed E-state index contributed by atoms with van der Waals surface area (Å²) >= 11 is 0. The van der Waals surface area contributed by atoms with Gasteiger partial charge in [0, 0.05) is 26.6 Å². The number of hydrogen-bond acceptors (Lipinski definition) is 3. The van der Waals surface area contributed by atoms with Crippen LogP contribution in [0.3, 0.4) is 0 Å². The van der Waals surface area contributed by atoms with Crippen molar-refractivity contribution in [3.8, 4) is 5.75 Å². The molecule has 1 atom stereocenters. The summed E-state index contributed by atoms with van der Waals surface area (Å²) in [5, 5.41) is 0. The maximum atomic E-state index is 14.1. The van der Waals surface area contributed by atoms with Crippen molar-refractivity contribution in [2.24, 2.45) is 0 Å². The number of benzene rings is 1. The molecule has 0 saturated carbocycles. The first kappa shape index (κ1) is 14.5. The van der Waals surface area contributed by atoms with Gasteiger partial charge in [-0.2, -0.15) is 0 Å². The van der Waals surface area contributed by atoms with E-state index in [4.69, 9.17) is 14.2 Å². The topological polar surface area (TPSA) is 27.7 Å². The van der Waals surface area contributed by atoms with E-state index < -0.39 is 17.4 Å². The smallest absolute Gasteiger partial charge is 0.172 e. The Morgan fingerprint density at radius 3 is 2.76 bits per heavy atom. The van der Waals surface area contributed by atoms with Crippen LogP contribution in [-0.2, 0) is 9.47 Å². The Labute approximate surface area is 122 Å². The summed E-state index contributed by atoms with van der Waals surface area (Å²) in [6.45, 7) is 2.70. The fourth-order valence-corrected chi connectivity index (χ4v) is 3.19. The summed E-state index contributed by atoms with van der Waals surface area (Å²) in [4.78, 5) is 0. The minimum absolute atomic E-state index is 0.0232. The van der Waals surface area contributed by atoms with Gasteiger partial charge in [-0.1, -0.05) is 0 Å². The van der Waals surface area contributed by atoms with Crippen LogP contribution >= 0.6 is 0 Å². The Morgan fingerprint density at radius 1 is 1.29 bits per heavy atom. The molecule has 3 rings (SSSR count). The second-order valence-electron chi connectivity index (χ2n) is 5.33. The first-order valence-electron chi connectivity index (χ1n) is 7.11. The lowest BCUT2D eigenvalue weighted by Gasteiger charge is -2.39. The molecule has 0 amide bonds. The number of ether oxygens (including phenoxy) is 3. The van der Waals surface area contributed by atoms with E-state index in [2.05, 4.69) is 0 Å². The molecule has 1 aliphatic heterocycles. The number of hydrogen-bond donors (Lipinski definition) is 0. The minimum Gasteiger partial charge on any atom is -0.485 e. The predicted octanol–water partition coefficient (Wildman–Crippen LogP) is 3.67. The zero-order chi connectivity index (χ0) is 15.0. The molecule has 0 fully saturated rings. The Hall–Kier alpha value is -1.46. The van der Waals surface area contributed by atoms with E-state index in [0.717, 1.165) is 23.3 Å².